The molecule has 0 aliphatic carbocycles. The van der Waals surface area contributed by atoms with Gasteiger partial charge >= 0.3 is 6.18 Å². The molecule has 29 heavy (non-hydrogen) atoms. The summed E-state index contributed by atoms with van der Waals surface area (Å²) < 4.78 is 57.3. The highest BCUT2D eigenvalue weighted by atomic mass is 32.2. The fourth-order valence-electron chi connectivity index (χ4n) is 2.31. The number of aromatic nitrogens is 2. The predicted octanol–water partition coefficient (Wildman–Crippen LogP) is 4.69. The van der Waals surface area contributed by atoms with Crippen molar-refractivity contribution in [1.29, 1.82) is 0 Å². The van der Waals surface area contributed by atoms with Crippen LogP contribution in [0.2, 0.25) is 0 Å². The maximum absolute atomic E-state index is 13.1. The van der Waals surface area contributed by atoms with E-state index >= 15 is 0 Å². The first kappa shape index (κ1) is 20.8. The molecular weight excluding hydrogens is 410 g/mol. The van der Waals surface area contributed by atoms with Crippen LogP contribution in [-0.2, 0) is 17.5 Å². The summed E-state index contributed by atoms with van der Waals surface area (Å²) in [6, 6.07) is 9.55. The predicted molar refractivity (Wildman–Crippen MR) is 98.3 cm³/mol. The van der Waals surface area contributed by atoms with Gasteiger partial charge < -0.3 is 9.73 Å². The Morgan fingerprint density at radius 1 is 1.14 bits per heavy atom. The van der Waals surface area contributed by atoms with Crippen LogP contribution in [-0.4, -0.2) is 21.6 Å². The van der Waals surface area contributed by atoms with E-state index in [1.165, 1.54) is 24.5 Å². The summed E-state index contributed by atoms with van der Waals surface area (Å²) >= 11 is 0.940. The largest absolute Gasteiger partial charge is 0.463 e. The Labute approximate surface area is 167 Å². The molecule has 1 amide bonds. The van der Waals surface area contributed by atoms with Crippen LogP contribution in [0, 0.1) is 5.82 Å². The van der Waals surface area contributed by atoms with Crippen LogP contribution in [0.3, 0.4) is 0 Å². The van der Waals surface area contributed by atoms with Crippen LogP contribution < -0.4 is 5.32 Å². The SMILES string of the molecule is O=C(CCSc1nc(-c2ccco2)cc(C(F)(F)F)n1)NCc1ccc(F)cc1. The second kappa shape index (κ2) is 9.08. The molecule has 3 rings (SSSR count). The molecule has 0 atom stereocenters. The summed E-state index contributed by atoms with van der Waals surface area (Å²) in [5.74, 6) is -0.280. The van der Waals surface area contributed by atoms with E-state index in [4.69, 9.17) is 4.42 Å². The lowest BCUT2D eigenvalue weighted by Gasteiger charge is -2.09. The van der Waals surface area contributed by atoms with Gasteiger partial charge in [0.1, 0.15) is 17.2 Å². The number of nitrogens with zero attached hydrogens (tertiary/aromatic N) is 2. The van der Waals surface area contributed by atoms with Crippen molar-refractivity contribution in [2.24, 2.45) is 0 Å². The molecule has 0 saturated carbocycles. The van der Waals surface area contributed by atoms with Gasteiger partial charge in [-0.2, -0.15) is 13.2 Å². The molecule has 0 radical (unpaired) electrons. The lowest BCUT2D eigenvalue weighted by Crippen LogP contribution is -2.23. The Bertz CT molecular complexity index is 961. The first-order chi connectivity index (χ1) is 13.8. The van der Waals surface area contributed by atoms with E-state index in [1.54, 1.807) is 18.2 Å². The second-order valence-electron chi connectivity index (χ2n) is 5.90. The van der Waals surface area contributed by atoms with E-state index in [-0.39, 0.29) is 47.1 Å². The minimum atomic E-state index is -4.63. The molecule has 10 heteroatoms. The minimum absolute atomic E-state index is 0.0144. The number of halogens is 4. The van der Waals surface area contributed by atoms with Gasteiger partial charge in [0.15, 0.2) is 10.9 Å². The molecular formula is C19H15F4N3O2S. The summed E-state index contributed by atoms with van der Waals surface area (Å²) in [7, 11) is 0. The molecule has 1 aromatic carbocycles. The normalized spacial score (nSPS) is 11.4. The maximum Gasteiger partial charge on any atom is 0.433 e. The Morgan fingerprint density at radius 3 is 2.55 bits per heavy atom. The molecule has 1 N–H and O–H groups in total. The fraction of sp³-hybridized carbons (Fsp3) is 0.211. The van der Waals surface area contributed by atoms with Gasteiger partial charge in [-0.3, -0.25) is 4.79 Å². The maximum atomic E-state index is 13.1. The molecule has 0 aliphatic rings. The zero-order valence-electron chi connectivity index (χ0n) is 14.9. The average molecular weight is 425 g/mol. The van der Waals surface area contributed by atoms with Crippen LogP contribution >= 0.6 is 11.8 Å². The molecule has 0 spiro atoms. The summed E-state index contributed by atoms with van der Waals surface area (Å²) in [6.07, 6.45) is -3.24. The Morgan fingerprint density at radius 2 is 1.90 bits per heavy atom. The molecule has 0 bridgehead atoms. The van der Waals surface area contributed by atoms with Crippen LogP contribution in [0.5, 0.6) is 0 Å². The number of rotatable bonds is 7. The van der Waals surface area contributed by atoms with Gasteiger partial charge in [-0.25, -0.2) is 14.4 Å². The smallest absolute Gasteiger partial charge is 0.433 e. The van der Waals surface area contributed by atoms with Gasteiger partial charge in [-0.1, -0.05) is 23.9 Å². The van der Waals surface area contributed by atoms with Crippen LogP contribution in [0.4, 0.5) is 17.6 Å². The Balaban J connectivity index is 1.58. The summed E-state index contributed by atoms with van der Waals surface area (Å²) in [5, 5.41) is 2.56. The number of hydrogen-bond acceptors (Lipinski definition) is 5. The molecule has 5 nitrogen and oxygen atoms in total. The van der Waals surface area contributed by atoms with Crippen molar-refractivity contribution in [3.63, 3.8) is 0 Å². The first-order valence-electron chi connectivity index (χ1n) is 8.45. The number of furan rings is 1. The van der Waals surface area contributed by atoms with Crippen molar-refractivity contribution in [3.8, 4) is 11.5 Å². The van der Waals surface area contributed by atoms with Gasteiger partial charge in [-0.15, -0.1) is 0 Å². The summed E-state index contributed by atoms with van der Waals surface area (Å²) in [5.41, 5.74) is -0.334. The number of carbonyl (C=O) groups is 1. The van der Waals surface area contributed by atoms with Gasteiger partial charge in [0.05, 0.1) is 6.26 Å². The van der Waals surface area contributed by atoms with Crippen molar-refractivity contribution in [3.05, 3.63) is 65.8 Å². The number of amides is 1. The third kappa shape index (κ3) is 6.05. The van der Waals surface area contributed by atoms with Gasteiger partial charge in [0, 0.05) is 18.7 Å². The average Bonchev–Trinajstić information content (AvgIpc) is 3.21. The number of benzene rings is 1. The van der Waals surface area contributed by atoms with E-state index in [1.807, 2.05) is 0 Å². The van der Waals surface area contributed by atoms with Crippen molar-refractivity contribution in [2.45, 2.75) is 24.3 Å². The minimum Gasteiger partial charge on any atom is -0.463 e. The van der Waals surface area contributed by atoms with Crippen LogP contribution in [0.1, 0.15) is 17.7 Å². The van der Waals surface area contributed by atoms with Crippen LogP contribution in [0.25, 0.3) is 11.5 Å². The molecule has 0 fully saturated rings. The fourth-order valence-corrected chi connectivity index (χ4v) is 3.11. The third-order valence-electron chi connectivity index (χ3n) is 3.73. The Hall–Kier alpha value is -2.88. The van der Waals surface area contributed by atoms with E-state index in [0.29, 0.717) is 0 Å². The monoisotopic (exact) mass is 425 g/mol. The van der Waals surface area contributed by atoms with E-state index in [0.717, 1.165) is 23.4 Å². The molecule has 0 aliphatic heterocycles. The molecule has 2 heterocycles. The number of hydrogen-bond donors (Lipinski definition) is 1. The summed E-state index contributed by atoms with van der Waals surface area (Å²) in [6.45, 7) is 0.229. The Kier molecular flexibility index (Phi) is 6.53. The van der Waals surface area contributed by atoms with Crippen molar-refractivity contribution in [2.75, 3.05) is 5.75 Å². The topological polar surface area (TPSA) is 68.0 Å². The zero-order valence-corrected chi connectivity index (χ0v) is 15.7. The standard InChI is InChI=1S/C19H15F4N3O2S/c20-13-5-3-12(4-6-13)11-24-17(27)7-9-29-18-25-14(15-2-1-8-28-15)10-16(26-18)19(21,22)23/h1-6,8,10H,7,9,11H2,(H,24,27). The number of thioether (sulfide) groups is 1. The number of alkyl halides is 3. The number of carbonyl (C=O) groups excluding carboxylic acids is 1. The number of nitrogens with one attached hydrogen (secondary N) is 1. The molecule has 0 unspecified atom stereocenters. The highest BCUT2D eigenvalue weighted by Gasteiger charge is 2.34. The first-order valence-corrected chi connectivity index (χ1v) is 9.44. The van der Waals surface area contributed by atoms with Crippen molar-refractivity contribution in [1.82, 2.24) is 15.3 Å². The van der Waals surface area contributed by atoms with E-state index in [9.17, 15) is 22.4 Å². The lowest BCUT2D eigenvalue weighted by molar-refractivity contribution is -0.141. The highest BCUT2D eigenvalue weighted by Crippen LogP contribution is 2.32. The van der Waals surface area contributed by atoms with Crippen LogP contribution in [0.15, 0.2) is 58.3 Å². The molecule has 2 aromatic heterocycles. The quantitative estimate of drug-likeness (QED) is 0.338. The lowest BCUT2D eigenvalue weighted by atomic mass is 10.2. The highest BCUT2D eigenvalue weighted by molar-refractivity contribution is 7.99. The van der Waals surface area contributed by atoms with E-state index < -0.39 is 11.9 Å². The molecule has 0 saturated heterocycles. The van der Waals surface area contributed by atoms with Crippen molar-refractivity contribution >= 4 is 17.7 Å². The van der Waals surface area contributed by atoms with E-state index in [2.05, 4.69) is 15.3 Å². The third-order valence-corrected chi connectivity index (χ3v) is 4.58. The summed E-state index contributed by atoms with van der Waals surface area (Å²) in [4.78, 5) is 19.5. The van der Waals surface area contributed by atoms with Gasteiger partial charge in [0.2, 0.25) is 5.91 Å². The van der Waals surface area contributed by atoms with Crippen molar-refractivity contribution < 1.29 is 26.8 Å². The molecule has 152 valence electrons. The molecule has 3 aromatic rings. The second-order valence-corrected chi connectivity index (χ2v) is 6.96. The zero-order chi connectivity index (χ0) is 20.9. The van der Waals surface area contributed by atoms with Gasteiger partial charge in [0.25, 0.3) is 0 Å². The van der Waals surface area contributed by atoms with Gasteiger partial charge in [-0.05, 0) is 35.9 Å².